The van der Waals surface area contributed by atoms with Crippen molar-refractivity contribution in [1.29, 1.82) is 0 Å². The van der Waals surface area contributed by atoms with Crippen LogP contribution in [0.5, 0.6) is 11.5 Å². The van der Waals surface area contributed by atoms with Crippen molar-refractivity contribution < 1.29 is 23.5 Å². The van der Waals surface area contributed by atoms with Crippen LogP contribution in [-0.4, -0.2) is 26.0 Å². The molecule has 0 saturated heterocycles. The first kappa shape index (κ1) is 21.9. The van der Waals surface area contributed by atoms with Gasteiger partial charge < -0.3 is 20.1 Å². The van der Waals surface area contributed by atoms with Crippen LogP contribution in [-0.2, 0) is 9.59 Å². The van der Waals surface area contributed by atoms with E-state index in [1.807, 2.05) is 0 Å². The van der Waals surface area contributed by atoms with E-state index in [9.17, 15) is 14.0 Å². The number of carbonyl (C=O) groups is 2. The molecule has 0 aliphatic carbocycles. The minimum Gasteiger partial charge on any atom is -0.493 e. The van der Waals surface area contributed by atoms with Crippen molar-refractivity contribution in [2.24, 2.45) is 5.41 Å². The van der Waals surface area contributed by atoms with E-state index in [0.717, 1.165) is 0 Å². The molecule has 2 aromatic rings. The Bertz CT molecular complexity index is 933. The van der Waals surface area contributed by atoms with Crippen LogP contribution in [0.2, 0.25) is 0 Å². The average molecular weight is 400 g/mol. The quantitative estimate of drug-likeness (QED) is 0.719. The molecule has 29 heavy (non-hydrogen) atoms. The van der Waals surface area contributed by atoms with Crippen molar-refractivity contribution in [2.75, 3.05) is 19.5 Å². The maximum absolute atomic E-state index is 13.9. The number of carbonyl (C=O) groups excluding carboxylic acids is 2. The number of anilines is 1. The summed E-state index contributed by atoms with van der Waals surface area (Å²) in [6.07, 6.45) is 1.49. The highest BCUT2D eigenvalue weighted by Crippen LogP contribution is 2.28. The molecule has 0 heterocycles. The van der Waals surface area contributed by atoms with Crippen LogP contribution < -0.4 is 20.1 Å². The van der Waals surface area contributed by atoms with Gasteiger partial charge in [0.1, 0.15) is 11.5 Å². The first-order valence-corrected chi connectivity index (χ1v) is 8.96. The Morgan fingerprint density at radius 1 is 1.00 bits per heavy atom. The average Bonchev–Trinajstić information content (AvgIpc) is 2.68. The molecule has 0 aliphatic heterocycles. The summed E-state index contributed by atoms with van der Waals surface area (Å²) in [6.45, 7) is 5.18. The summed E-state index contributed by atoms with van der Waals surface area (Å²) in [5, 5.41) is 5.11. The minimum atomic E-state index is -0.727. The number of amides is 2. The molecule has 7 heteroatoms. The Morgan fingerprint density at radius 2 is 1.66 bits per heavy atom. The second kappa shape index (κ2) is 9.23. The number of hydrogen-bond donors (Lipinski definition) is 2. The van der Waals surface area contributed by atoms with Crippen LogP contribution in [0.3, 0.4) is 0 Å². The Morgan fingerprint density at radius 3 is 2.24 bits per heavy atom. The molecule has 154 valence electrons. The van der Waals surface area contributed by atoms with Crippen LogP contribution >= 0.6 is 0 Å². The maximum atomic E-state index is 13.9. The fourth-order valence-corrected chi connectivity index (χ4v) is 2.33. The maximum Gasteiger partial charge on any atom is 0.272 e. The molecule has 0 aliphatic rings. The molecule has 2 N–H and O–H groups in total. The molecule has 0 unspecified atom stereocenters. The lowest BCUT2D eigenvalue weighted by Gasteiger charge is -2.19. The minimum absolute atomic E-state index is 0.0146. The summed E-state index contributed by atoms with van der Waals surface area (Å²) in [5.74, 6) is -0.582. The molecule has 0 atom stereocenters. The van der Waals surface area contributed by atoms with Gasteiger partial charge in [0.2, 0.25) is 5.91 Å². The van der Waals surface area contributed by atoms with Gasteiger partial charge in [0.15, 0.2) is 11.5 Å². The zero-order valence-electron chi connectivity index (χ0n) is 17.1. The standard InChI is InChI=1S/C22H25FN2O4/c1-22(2,3)21(27)25-17(20(26)24-16-9-7-6-8-15(16)23)12-14-10-11-18(28-4)19(13-14)29-5/h6-13H,1-5H3,(H,24,26)(H,25,27)/b17-12+. The number of ether oxygens (including phenoxy) is 2. The highest BCUT2D eigenvalue weighted by Gasteiger charge is 2.24. The first-order chi connectivity index (χ1) is 13.7. The molecule has 2 amide bonds. The fraction of sp³-hybridized carbons (Fsp3) is 0.273. The lowest BCUT2D eigenvalue weighted by atomic mass is 9.95. The summed E-state index contributed by atoms with van der Waals surface area (Å²) < 4.78 is 24.4. The van der Waals surface area contributed by atoms with E-state index in [4.69, 9.17) is 9.47 Å². The Balaban J connectivity index is 2.41. The van der Waals surface area contributed by atoms with Gasteiger partial charge >= 0.3 is 0 Å². The molecule has 0 spiro atoms. The normalized spacial score (nSPS) is 11.6. The smallest absolute Gasteiger partial charge is 0.272 e. The highest BCUT2D eigenvalue weighted by molar-refractivity contribution is 6.09. The predicted molar refractivity (Wildman–Crippen MR) is 110 cm³/mol. The van der Waals surface area contributed by atoms with Crippen LogP contribution in [0.25, 0.3) is 6.08 Å². The van der Waals surface area contributed by atoms with Crippen LogP contribution in [0, 0.1) is 11.2 Å². The van der Waals surface area contributed by atoms with Gasteiger partial charge in [-0.1, -0.05) is 39.0 Å². The molecule has 0 saturated carbocycles. The second-order valence-electron chi connectivity index (χ2n) is 7.31. The third-order valence-electron chi connectivity index (χ3n) is 4.01. The van der Waals surface area contributed by atoms with Gasteiger partial charge in [0, 0.05) is 5.41 Å². The van der Waals surface area contributed by atoms with E-state index in [0.29, 0.717) is 17.1 Å². The summed E-state index contributed by atoms with van der Waals surface area (Å²) in [4.78, 5) is 25.3. The second-order valence-corrected chi connectivity index (χ2v) is 7.31. The number of halogens is 1. The van der Waals surface area contributed by atoms with E-state index in [-0.39, 0.29) is 17.3 Å². The van der Waals surface area contributed by atoms with Crippen LogP contribution in [0.4, 0.5) is 10.1 Å². The molecule has 0 radical (unpaired) electrons. The van der Waals surface area contributed by atoms with E-state index in [1.165, 1.54) is 38.5 Å². The zero-order valence-corrected chi connectivity index (χ0v) is 17.1. The lowest BCUT2D eigenvalue weighted by molar-refractivity contribution is -0.128. The number of methoxy groups -OCH3 is 2. The number of para-hydroxylation sites is 1. The molecule has 0 bridgehead atoms. The summed E-state index contributed by atoms with van der Waals surface area (Å²) in [5.41, 5.74) is -0.147. The van der Waals surface area contributed by atoms with Gasteiger partial charge in [-0.05, 0) is 35.9 Å². The summed E-state index contributed by atoms with van der Waals surface area (Å²) in [6, 6.07) is 10.9. The van der Waals surface area contributed by atoms with E-state index < -0.39 is 17.1 Å². The molecular weight excluding hydrogens is 375 g/mol. The van der Waals surface area contributed by atoms with Gasteiger partial charge in [-0.15, -0.1) is 0 Å². The monoisotopic (exact) mass is 400 g/mol. The van der Waals surface area contributed by atoms with Gasteiger partial charge in [-0.2, -0.15) is 0 Å². The van der Waals surface area contributed by atoms with E-state index in [1.54, 1.807) is 45.0 Å². The number of rotatable bonds is 6. The first-order valence-electron chi connectivity index (χ1n) is 8.96. The molecule has 0 fully saturated rings. The number of nitrogens with one attached hydrogen (secondary N) is 2. The van der Waals surface area contributed by atoms with Crippen molar-refractivity contribution in [3.05, 3.63) is 59.5 Å². The molecule has 2 rings (SSSR count). The molecule has 0 aromatic heterocycles. The lowest BCUT2D eigenvalue weighted by Crippen LogP contribution is -2.38. The van der Waals surface area contributed by atoms with Crippen LogP contribution in [0.15, 0.2) is 48.2 Å². The van der Waals surface area contributed by atoms with E-state index in [2.05, 4.69) is 10.6 Å². The number of benzene rings is 2. The van der Waals surface area contributed by atoms with E-state index >= 15 is 0 Å². The van der Waals surface area contributed by atoms with Crippen molar-refractivity contribution >= 4 is 23.6 Å². The van der Waals surface area contributed by atoms with Gasteiger partial charge in [0.05, 0.1) is 19.9 Å². The van der Waals surface area contributed by atoms with Crippen molar-refractivity contribution in [3.8, 4) is 11.5 Å². The van der Waals surface area contributed by atoms with Crippen molar-refractivity contribution in [3.63, 3.8) is 0 Å². The summed E-state index contributed by atoms with van der Waals surface area (Å²) >= 11 is 0. The fourth-order valence-electron chi connectivity index (χ4n) is 2.33. The van der Waals surface area contributed by atoms with Gasteiger partial charge in [0.25, 0.3) is 5.91 Å². The molecule has 6 nitrogen and oxygen atoms in total. The third kappa shape index (κ3) is 5.81. The van der Waals surface area contributed by atoms with Crippen molar-refractivity contribution in [2.45, 2.75) is 20.8 Å². The Kier molecular flexibility index (Phi) is 6.98. The topological polar surface area (TPSA) is 76.7 Å². The van der Waals surface area contributed by atoms with Crippen LogP contribution in [0.1, 0.15) is 26.3 Å². The Hall–Kier alpha value is -3.35. The zero-order chi connectivity index (χ0) is 21.6. The van der Waals surface area contributed by atoms with Crippen molar-refractivity contribution in [1.82, 2.24) is 5.32 Å². The molecule has 2 aromatic carbocycles. The summed E-state index contributed by atoms with van der Waals surface area (Å²) in [7, 11) is 3.02. The largest absolute Gasteiger partial charge is 0.493 e. The number of hydrogen-bond acceptors (Lipinski definition) is 4. The van der Waals surface area contributed by atoms with Gasteiger partial charge in [-0.3, -0.25) is 9.59 Å². The Labute approximate surface area is 169 Å². The molecular formula is C22H25FN2O4. The predicted octanol–water partition coefficient (Wildman–Crippen LogP) is 3.98. The highest BCUT2D eigenvalue weighted by atomic mass is 19.1. The third-order valence-corrected chi connectivity index (χ3v) is 4.01. The van der Waals surface area contributed by atoms with Gasteiger partial charge in [-0.25, -0.2) is 4.39 Å². The SMILES string of the molecule is COc1ccc(/C=C(/NC(=O)C(C)(C)C)C(=O)Nc2ccccc2F)cc1OC.